The molecule has 4 fully saturated rings. The monoisotopic (exact) mass is 362 g/mol. The normalized spacial score (nSPS) is 47.9. The Kier molecular flexibility index (Phi) is 4.37. The summed E-state index contributed by atoms with van der Waals surface area (Å²) < 4.78 is 5.95. The van der Waals surface area contributed by atoms with E-state index < -0.39 is 0 Å². The van der Waals surface area contributed by atoms with Gasteiger partial charge in [-0.1, -0.05) is 13.8 Å². The Morgan fingerprint density at radius 1 is 1.12 bits per heavy atom. The molecule has 1 heterocycles. The van der Waals surface area contributed by atoms with Crippen molar-refractivity contribution in [2.45, 2.75) is 77.4 Å². The maximum absolute atomic E-state index is 12.2. The minimum Gasteiger partial charge on any atom is -0.368 e. The average Bonchev–Trinajstić information content (AvgIpc) is 2.93. The highest BCUT2D eigenvalue weighted by Crippen LogP contribution is 2.65. The van der Waals surface area contributed by atoms with Gasteiger partial charge in [0.15, 0.2) is 0 Å². The first-order chi connectivity index (χ1) is 12.3. The molecule has 0 aromatic rings. The van der Waals surface area contributed by atoms with Gasteiger partial charge in [-0.25, -0.2) is 0 Å². The molecule has 1 saturated heterocycles. The number of fused-ring (bicyclic) bond motifs is 5. The topological polar surface area (TPSA) is 72.6 Å². The predicted octanol–water partition coefficient (Wildman–Crippen LogP) is 2.72. The smallest absolute Gasteiger partial charge is 0.243 e. The molecule has 26 heavy (non-hydrogen) atoms. The summed E-state index contributed by atoms with van der Waals surface area (Å²) in [5.74, 6) is 2.09. The molecule has 5 nitrogen and oxygen atoms in total. The Hall–Kier alpha value is -1.10. The number of piperidine rings is 1. The third-order valence-corrected chi connectivity index (χ3v) is 8.90. The fourth-order valence-corrected chi connectivity index (χ4v) is 7.56. The number of primary amides is 1. The number of hydrogen-bond acceptors (Lipinski definition) is 3. The Labute approximate surface area is 157 Å². The van der Waals surface area contributed by atoms with Crippen molar-refractivity contribution in [1.29, 1.82) is 0 Å². The SMILES string of the molecule is CN1C(=O)CC[C@]2(C)[C@H]3CC[C@]4(C)[C@@H](OCC(N)=O)CC[C@H]4[C@@H]3CC[C@@H]12. The van der Waals surface area contributed by atoms with Crippen LogP contribution in [0.25, 0.3) is 0 Å². The van der Waals surface area contributed by atoms with Crippen molar-refractivity contribution >= 4 is 11.8 Å². The van der Waals surface area contributed by atoms with Crippen LogP contribution < -0.4 is 5.73 Å². The van der Waals surface area contributed by atoms with Crippen molar-refractivity contribution in [1.82, 2.24) is 4.90 Å². The van der Waals surface area contributed by atoms with E-state index in [0.717, 1.165) is 25.2 Å². The van der Waals surface area contributed by atoms with Crippen molar-refractivity contribution in [2.75, 3.05) is 13.7 Å². The van der Waals surface area contributed by atoms with Gasteiger partial charge in [-0.15, -0.1) is 0 Å². The Morgan fingerprint density at radius 2 is 1.85 bits per heavy atom. The van der Waals surface area contributed by atoms with Gasteiger partial charge in [0.05, 0.1) is 6.10 Å². The van der Waals surface area contributed by atoms with Crippen molar-refractivity contribution in [3.05, 3.63) is 0 Å². The lowest BCUT2D eigenvalue weighted by molar-refractivity contribution is -0.162. The van der Waals surface area contributed by atoms with E-state index >= 15 is 0 Å². The lowest BCUT2D eigenvalue weighted by Crippen LogP contribution is -2.61. The van der Waals surface area contributed by atoms with Gasteiger partial charge in [0, 0.05) is 19.5 Å². The van der Waals surface area contributed by atoms with Crippen LogP contribution in [-0.4, -0.2) is 42.5 Å². The highest BCUT2D eigenvalue weighted by atomic mass is 16.5. The summed E-state index contributed by atoms with van der Waals surface area (Å²) in [6.45, 7) is 4.89. The van der Waals surface area contributed by atoms with E-state index in [1.54, 1.807) is 0 Å². The van der Waals surface area contributed by atoms with Crippen LogP contribution in [0.2, 0.25) is 0 Å². The Bertz CT molecular complexity index is 608. The van der Waals surface area contributed by atoms with Crippen LogP contribution in [0.1, 0.15) is 65.2 Å². The van der Waals surface area contributed by atoms with E-state index in [-0.39, 0.29) is 29.4 Å². The number of carbonyl (C=O) groups excluding carboxylic acids is 2. The molecule has 0 aromatic heterocycles. The summed E-state index contributed by atoms with van der Waals surface area (Å²) in [5, 5.41) is 0. The molecule has 0 bridgehead atoms. The summed E-state index contributed by atoms with van der Waals surface area (Å²) >= 11 is 0. The van der Waals surface area contributed by atoms with E-state index in [1.807, 2.05) is 7.05 Å². The van der Waals surface area contributed by atoms with E-state index in [0.29, 0.717) is 30.2 Å². The van der Waals surface area contributed by atoms with Crippen LogP contribution in [0, 0.1) is 28.6 Å². The number of rotatable bonds is 3. The molecule has 5 heteroatoms. The molecule has 3 aliphatic carbocycles. The predicted molar refractivity (Wildman–Crippen MR) is 99.1 cm³/mol. The van der Waals surface area contributed by atoms with Crippen molar-refractivity contribution in [3.8, 4) is 0 Å². The lowest BCUT2D eigenvalue weighted by atomic mass is 9.47. The highest BCUT2D eigenvalue weighted by molar-refractivity contribution is 5.77. The Balaban J connectivity index is 1.55. The van der Waals surface area contributed by atoms with Gasteiger partial charge in [-0.05, 0) is 73.5 Å². The summed E-state index contributed by atoms with van der Waals surface area (Å²) in [6, 6.07) is 0.415. The summed E-state index contributed by atoms with van der Waals surface area (Å²) in [7, 11) is 2.01. The van der Waals surface area contributed by atoms with Crippen LogP contribution in [0.5, 0.6) is 0 Å². The number of nitrogens with zero attached hydrogens (tertiary/aromatic N) is 1. The van der Waals surface area contributed by atoms with Crippen molar-refractivity contribution in [3.63, 3.8) is 0 Å². The molecule has 2 amide bonds. The molecular weight excluding hydrogens is 328 g/mol. The molecule has 0 spiro atoms. The van der Waals surface area contributed by atoms with Crippen LogP contribution in [0.15, 0.2) is 0 Å². The summed E-state index contributed by atoms with van der Waals surface area (Å²) in [4.78, 5) is 25.5. The molecular formula is C21H34N2O3. The maximum atomic E-state index is 12.2. The third-order valence-electron chi connectivity index (χ3n) is 8.90. The first kappa shape index (κ1) is 18.3. The van der Waals surface area contributed by atoms with Crippen LogP contribution in [-0.2, 0) is 14.3 Å². The maximum Gasteiger partial charge on any atom is 0.243 e. The molecule has 7 atom stereocenters. The second kappa shape index (κ2) is 6.22. The number of ether oxygens (including phenoxy) is 1. The fourth-order valence-electron chi connectivity index (χ4n) is 7.56. The summed E-state index contributed by atoms with van der Waals surface area (Å²) in [6.07, 6.45) is 8.94. The van der Waals surface area contributed by atoms with Gasteiger partial charge in [-0.2, -0.15) is 0 Å². The van der Waals surface area contributed by atoms with Gasteiger partial charge < -0.3 is 15.4 Å². The van der Waals surface area contributed by atoms with E-state index in [9.17, 15) is 9.59 Å². The van der Waals surface area contributed by atoms with Gasteiger partial charge in [0.25, 0.3) is 0 Å². The molecule has 0 aromatic carbocycles. The standard InChI is InChI=1S/C21H34N2O3/c1-20-11-9-19(25)23(3)16(20)6-4-13-14-5-7-17(26-12-18(22)24)21(14,2)10-8-15(13)20/h13-17H,4-12H2,1-3H3,(H2,22,24)/t13-,14-,15-,16+,17-,20+,21-/m0/s1. The van der Waals surface area contributed by atoms with Crippen molar-refractivity contribution in [2.24, 2.45) is 34.3 Å². The molecule has 2 N–H and O–H groups in total. The number of amides is 2. The van der Waals surface area contributed by atoms with Crippen LogP contribution in [0.3, 0.4) is 0 Å². The average molecular weight is 363 g/mol. The zero-order valence-corrected chi connectivity index (χ0v) is 16.5. The third kappa shape index (κ3) is 2.53. The zero-order chi connectivity index (χ0) is 18.7. The number of likely N-dealkylation sites (tertiary alicyclic amines) is 1. The number of carbonyl (C=O) groups is 2. The van der Waals surface area contributed by atoms with Crippen LogP contribution >= 0.6 is 0 Å². The molecule has 4 rings (SSSR count). The first-order valence-corrected chi connectivity index (χ1v) is 10.4. The number of nitrogens with two attached hydrogens (primary N) is 1. The molecule has 3 saturated carbocycles. The Morgan fingerprint density at radius 3 is 2.58 bits per heavy atom. The highest BCUT2D eigenvalue weighted by Gasteiger charge is 2.61. The zero-order valence-electron chi connectivity index (χ0n) is 16.5. The van der Waals surface area contributed by atoms with E-state index in [1.165, 1.54) is 25.7 Å². The van der Waals surface area contributed by atoms with Crippen LogP contribution in [0.4, 0.5) is 0 Å². The first-order valence-electron chi connectivity index (χ1n) is 10.4. The van der Waals surface area contributed by atoms with Gasteiger partial charge >= 0.3 is 0 Å². The fraction of sp³-hybridized carbons (Fsp3) is 0.905. The second-order valence-electron chi connectivity index (χ2n) is 9.87. The second-order valence-corrected chi connectivity index (χ2v) is 9.87. The number of hydrogen-bond donors (Lipinski definition) is 1. The van der Waals surface area contributed by atoms with E-state index in [4.69, 9.17) is 10.5 Å². The van der Waals surface area contributed by atoms with Gasteiger partial charge in [0.2, 0.25) is 11.8 Å². The van der Waals surface area contributed by atoms with Gasteiger partial charge in [-0.3, -0.25) is 9.59 Å². The molecule has 4 aliphatic rings. The minimum atomic E-state index is -0.367. The van der Waals surface area contributed by atoms with Gasteiger partial charge in [0.1, 0.15) is 6.61 Å². The van der Waals surface area contributed by atoms with Crippen molar-refractivity contribution < 1.29 is 14.3 Å². The quantitative estimate of drug-likeness (QED) is 0.839. The summed E-state index contributed by atoms with van der Waals surface area (Å²) in [5.41, 5.74) is 5.75. The molecule has 1 aliphatic heterocycles. The largest absolute Gasteiger partial charge is 0.368 e. The minimum absolute atomic E-state index is 0.0494. The van der Waals surface area contributed by atoms with E-state index in [2.05, 4.69) is 18.7 Å². The molecule has 146 valence electrons. The molecule has 0 radical (unpaired) electrons. The molecule has 0 unspecified atom stereocenters. The lowest BCUT2D eigenvalue weighted by Gasteiger charge is -2.61.